The molecular formula is C17H29N5O9. The van der Waals surface area contributed by atoms with Gasteiger partial charge in [-0.05, 0) is 32.2 Å². The van der Waals surface area contributed by atoms with Crippen molar-refractivity contribution in [3.63, 3.8) is 0 Å². The number of carboxylic acids is 3. The smallest absolute Gasteiger partial charge is 0.322 e. The number of amides is 3. The van der Waals surface area contributed by atoms with Crippen LogP contribution in [0, 0.1) is 0 Å². The van der Waals surface area contributed by atoms with E-state index in [0.29, 0.717) is 19.4 Å². The molecule has 3 amide bonds. The molecule has 0 aromatic rings. The third kappa shape index (κ3) is 12.8. The second-order valence-corrected chi connectivity index (χ2v) is 6.66. The molecule has 0 radical (unpaired) electrons. The van der Waals surface area contributed by atoms with Crippen molar-refractivity contribution in [2.75, 3.05) is 13.1 Å². The van der Waals surface area contributed by atoms with Gasteiger partial charge in [0.05, 0.1) is 12.5 Å². The number of hydrogen-bond acceptors (Lipinski definition) is 8. The third-order valence-corrected chi connectivity index (χ3v) is 4.00. The zero-order valence-electron chi connectivity index (χ0n) is 16.8. The molecule has 0 heterocycles. The van der Waals surface area contributed by atoms with E-state index in [2.05, 4.69) is 10.6 Å². The van der Waals surface area contributed by atoms with Gasteiger partial charge >= 0.3 is 17.9 Å². The van der Waals surface area contributed by atoms with E-state index in [9.17, 15) is 28.8 Å². The summed E-state index contributed by atoms with van der Waals surface area (Å²) < 4.78 is 0. The summed E-state index contributed by atoms with van der Waals surface area (Å²) >= 11 is 0. The van der Waals surface area contributed by atoms with E-state index in [-0.39, 0.29) is 12.8 Å². The van der Waals surface area contributed by atoms with Crippen LogP contribution in [0.2, 0.25) is 0 Å². The van der Waals surface area contributed by atoms with E-state index < -0.39 is 73.1 Å². The number of carboxylic acid groups (broad SMARTS) is 3. The van der Waals surface area contributed by atoms with Gasteiger partial charge in [0.2, 0.25) is 17.7 Å². The van der Waals surface area contributed by atoms with Crippen molar-refractivity contribution in [1.29, 1.82) is 0 Å². The molecule has 3 atom stereocenters. The minimum absolute atomic E-state index is 0.0942. The number of unbranched alkanes of at least 4 members (excludes halogenated alkanes) is 1. The maximum atomic E-state index is 12.7. The molecule has 3 unspecified atom stereocenters. The Morgan fingerprint density at radius 2 is 1.32 bits per heavy atom. The molecule has 0 saturated heterocycles. The van der Waals surface area contributed by atoms with Gasteiger partial charge in [0.15, 0.2) is 0 Å². The second-order valence-electron chi connectivity index (χ2n) is 6.66. The highest BCUT2D eigenvalue weighted by Crippen LogP contribution is 2.05. The van der Waals surface area contributed by atoms with E-state index in [1.165, 1.54) is 0 Å². The number of rotatable bonds is 16. The average Bonchev–Trinajstić information content (AvgIpc) is 2.67. The highest BCUT2D eigenvalue weighted by Gasteiger charge is 2.29. The van der Waals surface area contributed by atoms with Crippen LogP contribution in [0.4, 0.5) is 0 Å². The number of aliphatic carboxylic acids is 3. The SMILES string of the molecule is NCCCCC(NC(=O)C(N)CC(=O)O)C(=O)NC(CCC(=O)O)C(=O)NCC(=O)O. The zero-order valence-corrected chi connectivity index (χ0v) is 16.8. The van der Waals surface area contributed by atoms with Gasteiger partial charge in [0.1, 0.15) is 18.6 Å². The van der Waals surface area contributed by atoms with Crippen LogP contribution in [-0.4, -0.2) is 82.2 Å². The average molecular weight is 447 g/mol. The lowest BCUT2D eigenvalue weighted by atomic mass is 10.1. The van der Waals surface area contributed by atoms with Gasteiger partial charge in [0, 0.05) is 6.42 Å². The van der Waals surface area contributed by atoms with Crippen molar-refractivity contribution in [2.24, 2.45) is 11.5 Å². The molecule has 0 rings (SSSR count). The molecule has 10 N–H and O–H groups in total. The number of carbonyl (C=O) groups excluding carboxylic acids is 3. The summed E-state index contributed by atoms with van der Waals surface area (Å²) in [5.41, 5.74) is 10.9. The van der Waals surface area contributed by atoms with Crippen molar-refractivity contribution in [3.8, 4) is 0 Å². The molecule has 14 nitrogen and oxygen atoms in total. The molecule has 0 saturated carbocycles. The fourth-order valence-corrected chi connectivity index (χ4v) is 2.42. The largest absolute Gasteiger partial charge is 0.481 e. The lowest BCUT2D eigenvalue weighted by Crippen LogP contribution is -2.56. The molecule has 31 heavy (non-hydrogen) atoms. The van der Waals surface area contributed by atoms with Gasteiger partial charge < -0.3 is 42.7 Å². The maximum absolute atomic E-state index is 12.7. The van der Waals surface area contributed by atoms with Gasteiger partial charge in [-0.1, -0.05) is 0 Å². The van der Waals surface area contributed by atoms with Crippen molar-refractivity contribution in [1.82, 2.24) is 16.0 Å². The monoisotopic (exact) mass is 447 g/mol. The summed E-state index contributed by atoms with van der Waals surface area (Å²) in [5.74, 6) is -6.53. The molecule has 0 bridgehead atoms. The number of hydrogen-bond donors (Lipinski definition) is 8. The first-order valence-corrected chi connectivity index (χ1v) is 9.47. The molecule has 0 spiro atoms. The molecule has 0 aromatic carbocycles. The molecular weight excluding hydrogens is 418 g/mol. The number of carbonyl (C=O) groups is 6. The molecule has 0 aliphatic rings. The van der Waals surface area contributed by atoms with E-state index in [0.717, 1.165) is 0 Å². The molecule has 0 fully saturated rings. The minimum Gasteiger partial charge on any atom is -0.481 e. The first kappa shape index (κ1) is 27.7. The van der Waals surface area contributed by atoms with E-state index in [1.54, 1.807) is 0 Å². The summed E-state index contributed by atoms with van der Waals surface area (Å²) in [7, 11) is 0. The van der Waals surface area contributed by atoms with Gasteiger partial charge in [-0.15, -0.1) is 0 Å². The fraction of sp³-hybridized carbons (Fsp3) is 0.647. The maximum Gasteiger partial charge on any atom is 0.322 e. The standard InChI is InChI=1S/C17H29N5O9/c18-6-2-1-3-10(21-15(29)9(19)7-13(25)26)17(31)22-11(4-5-12(23)24)16(30)20-8-14(27)28/h9-11H,1-8,18-19H2,(H,20,30)(H,21,29)(H,22,31)(H,23,24)(H,25,26)(H,27,28). The van der Waals surface area contributed by atoms with Gasteiger partial charge in [0.25, 0.3) is 0 Å². The normalized spacial score (nSPS) is 13.4. The highest BCUT2D eigenvalue weighted by atomic mass is 16.4. The van der Waals surface area contributed by atoms with Crippen LogP contribution < -0.4 is 27.4 Å². The lowest BCUT2D eigenvalue weighted by Gasteiger charge is -2.23. The fourth-order valence-electron chi connectivity index (χ4n) is 2.42. The van der Waals surface area contributed by atoms with Gasteiger partial charge in [-0.2, -0.15) is 0 Å². The Morgan fingerprint density at radius 1 is 0.742 bits per heavy atom. The van der Waals surface area contributed by atoms with Crippen molar-refractivity contribution >= 4 is 35.6 Å². The summed E-state index contributed by atoms with van der Waals surface area (Å²) in [6.07, 6.45) is -0.456. The predicted octanol–water partition coefficient (Wildman–Crippen LogP) is -3.05. The van der Waals surface area contributed by atoms with E-state index in [1.807, 2.05) is 5.32 Å². The molecule has 14 heteroatoms. The Bertz CT molecular complexity index is 670. The third-order valence-electron chi connectivity index (χ3n) is 4.00. The van der Waals surface area contributed by atoms with Crippen LogP contribution in [0.25, 0.3) is 0 Å². The topological polar surface area (TPSA) is 251 Å². The van der Waals surface area contributed by atoms with Crippen LogP contribution >= 0.6 is 0 Å². The Morgan fingerprint density at radius 3 is 1.84 bits per heavy atom. The van der Waals surface area contributed by atoms with E-state index in [4.69, 9.17) is 26.8 Å². The van der Waals surface area contributed by atoms with Crippen molar-refractivity contribution < 1.29 is 44.1 Å². The zero-order chi connectivity index (χ0) is 24.0. The quantitative estimate of drug-likeness (QED) is 0.110. The number of nitrogens with one attached hydrogen (secondary N) is 3. The van der Waals surface area contributed by atoms with Crippen molar-refractivity contribution in [2.45, 2.75) is 56.7 Å². The molecule has 0 aromatic heterocycles. The Hall–Kier alpha value is -3.26. The van der Waals surface area contributed by atoms with Crippen LogP contribution in [-0.2, 0) is 28.8 Å². The molecule has 176 valence electrons. The lowest BCUT2D eigenvalue weighted by molar-refractivity contribution is -0.140. The molecule has 0 aliphatic carbocycles. The highest BCUT2D eigenvalue weighted by molar-refractivity contribution is 5.94. The first-order chi connectivity index (χ1) is 14.5. The summed E-state index contributed by atoms with van der Waals surface area (Å²) in [6, 6.07) is -3.98. The minimum atomic E-state index is -1.41. The summed E-state index contributed by atoms with van der Waals surface area (Å²) in [6.45, 7) is -0.418. The Labute approximate surface area is 177 Å². The summed E-state index contributed by atoms with van der Waals surface area (Å²) in [4.78, 5) is 69.1. The van der Waals surface area contributed by atoms with Gasteiger partial charge in [-0.25, -0.2) is 0 Å². The van der Waals surface area contributed by atoms with Crippen LogP contribution in [0.1, 0.15) is 38.5 Å². The van der Waals surface area contributed by atoms with Gasteiger partial charge in [-0.3, -0.25) is 28.8 Å². The van der Waals surface area contributed by atoms with E-state index >= 15 is 0 Å². The summed E-state index contributed by atoms with van der Waals surface area (Å²) in [5, 5.41) is 32.9. The van der Waals surface area contributed by atoms with Crippen LogP contribution in [0.5, 0.6) is 0 Å². The van der Waals surface area contributed by atoms with Crippen molar-refractivity contribution in [3.05, 3.63) is 0 Å². The first-order valence-electron chi connectivity index (χ1n) is 9.47. The van der Waals surface area contributed by atoms with Crippen LogP contribution in [0.3, 0.4) is 0 Å². The predicted molar refractivity (Wildman–Crippen MR) is 105 cm³/mol. The second kappa shape index (κ2) is 14.7. The Balaban J connectivity index is 5.30. The molecule has 0 aliphatic heterocycles. The number of nitrogens with two attached hydrogens (primary N) is 2. The van der Waals surface area contributed by atoms with Crippen LogP contribution in [0.15, 0.2) is 0 Å². The Kier molecular flexibility index (Phi) is 13.1.